The number of morpholine rings is 1. The fraction of sp³-hybridized carbons (Fsp3) is 0.524. The maximum Gasteiger partial charge on any atom is 0.263 e. The van der Waals surface area contributed by atoms with E-state index in [-0.39, 0.29) is 5.91 Å². The summed E-state index contributed by atoms with van der Waals surface area (Å²) in [4.78, 5) is 20.3. The number of amides is 1. The van der Waals surface area contributed by atoms with Crippen LogP contribution in [0.1, 0.15) is 51.3 Å². The van der Waals surface area contributed by atoms with Crippen molar-refractivity contribution in [2.24, 2.45) is 0 Å². The number of rotatable bonds is 8. The molecule has 1 fully saturated rings. The largest absolute Gasteiger partial charge is 0.379 e. The molecule has 2 heterocycles. The molecule has 27 heavy (non-hydrogen) atoms. The van der Waals surface area contributed by atoms with Crippen molar-refractivity contribution >= 4 is 17.2 Å². The minimum absolute atomic E-state index is 0.0219. The second-order valence-corrected chi connectivity index (χ2v) is 8.10. The Kier molecular flexibility index (Phi) is 7.38. The average Bonchev–Trinajstić information content (AvgIpc) is 3.06. The highest BCUT2D eigenvalue weighted by atomic mass is 32.1. The van der Waals surface area contributed by atoms with Crippen LogP contribution >= 0.6 is 11.3 Å². The maximum atomic E-state index is 12.6. The number of carbonyl (C=O) groups is 1. The first-order valence-electron chi connectivity index (χ1n) is 9.78. The highest BCUT2D eigenvalue weighted by molar-refractivity contribution is 7.13. The quantitative estimate of drug-likeness (QED) is 0.753. The van der Waals surface area contributed by atoms with Crippen LogP contribution in [0.3, 0.4) is 0 Å². The molecule has 0 bridgehead atoms. The molecular weight excluding hydrogens is 358 g/mol. The summed E-state index contributed by atoms with van der Waals surface area (Å²) in [5, 5.41) is 4.12. The van der Waals surface area contributed by atoms with E-state index in [1.165, 1.54) is 16.9 Å². The van der Waals surface area contributed by atoms with E-state index in [2.05, 4.69) is 46.4 Å². The number of hydrogen-bond donors (Lipinski definition) is 1. The minimum Gasteiger partial charge on any atom is -0.379 e. The summed E-state index contributed by atoms with van der Waals surface area (Å²) >= 11 is 1.53. The van der Waals surface area contributed by atoms with Crippen LogP contribution in [-0.2, 0) is 24.2 Å². The third-order valence-electron chi connectivity index (χ3n) is 4.75. The van der Waals surface area contributed by atoms with Gasteiger partial charge in [0, 0.05) is 26.2 Å². The van der Waals surface area contributed by atoms with Gasteiger partial charge in [0.1, 0.15) is 4.88 Å². The molecule has 1 aliphatic rings. The molecule has 1 aromatic heterocycles. The zero-order valence-corrected chi connectivity index (χ0v) is 17.1. The second-order valence-electron chi connectivity index (χ2n) is 7.02. The smallest absolute Gasteiger partial charge is 0.263 e. The molecular formula is C21H29N3O2S. The van der Waals surface area contributed by atoms with Gasteiger partial charge in [-0.2, -0.15) is 0 Å². The van der Waals surface area contributed by atoms with Crippen molar-refractivity contribution in [3.8, 4) is 0 Å². The minimum atomic E-state index is -0.0219. The normalized spacial score (nSPS) is 15.0. The summed E-state index contributed by atoms with van der Waals surface area (Å²) in [7, 11) is 0. The Morgan fingerprint density at radius 2 is 2.07 bits per heavy atom. The molecule has 1 aliphatic heterocycles. The maximum absolute atomic E-state index is 12.6. The van der Waals surface area contributed by atoms with Crippen LogP contribution in [0.2, 0.25) is 0 Å². The number of aromatic nitrogens is 1. The molecule has 0 saturated carbocycles. The highest BCUT2D eigenvalue weighted by Crippen LogP contribution is 2.20. The molecule has 2 aromatic rings. The van der Waals surface area contributed by atoms with E-state index in [9.17, 15) is 4.79 Å². The Morgan fingerprint density at radius 1 is 1.30 bits per heavy atom. The van der Waals surface area contributed by atoms with Crippen LogP contribution < -0.4 is 5.32 Å². The van der Waals surface area contributed by atoms with E-state index in [0.29, 0.717) is 6.54 Å². The zero-order valence-electron chi connectivity index (χ0n) is 16.3. The predicted molar refractivity (Wildman–Crippen MR) is 109 cm³/mol. The molecule has 0 unspecified atom stereocenters. The van der Waals surface area contributed by atoms with Crippen molar-refractivity contribution in [2.75, 3.05) is 26.3 Å². The van der Waals surface area contributed by atoms with Gasteiger partial charge in [-0.3, -0.25) is 9.69 Å². The molecule has 146 valence electrons. The number of hydrogen-bond acceptors (Lipinski definition) is 5. The standard InChI is InChI=1S/C21H29N3O2S/c1-3-4-8-19-23-16(2)20(27-19)21(25)22-14-17-6-5-7-18(13-17)15-24-9-11-26-12-10-24/h5-7,13H,3-4,8-12,14-15H2,1-2H3,(H,22,25). The summed E-state index contributed by atoms with van der Waals surface area (Å²) < 4.78 is 5.41. The predicted octanol–water partition coefficient (Wildman–Crippen LogP) is 3.56. The Balaban J connectivity index is 1.55. The van der Waals surface area contributed by atoms with Crippen LogP contribution in [0.25, 0.3) is 0 Å². The lowest BCUT2D eigenvalue weighted by Gasteiger charge is -2.26. The first-order chi connectivity index (χ1) is 13.2. The number of ether oxygens (including phenoxy) is 1. The fourth-order valence-corrected chi connectivity index (χ4v) is 4.24. The van der Waals surface area contributed by atoms with E-state index >= 15 is 0 Å². The van der Waals surface area contributed by atoms with Crippen molar-refractivity contribution in [3.05, 3.63) is 51.0 Å². The van der Waals surface area contributed by atoms with E-state index in [1.807, 2.05) is 6.92 Å². The van der Waals surface area contributed by atoms with Gasteiger partial charge in [-0.25, -0.2) is 4.98 Å². The molecule has 0 atom stereocenters. The molecule has 6 heteroatoms. The first-order valence-corrected chi connectivity index (χ1v) is 10.6. The summed E-state index contributed by atoms with van der Waals surface area (Å²) in [5.74, 6) is -0.0219. The van der Waals surface area contributed by atoms with E-state index < -0.39 is 0 Å². The third-order valence-corrected chi connectivity index (χ3v) is 5.96. The number of benzene rings is 1. The molecule has 0 aliphatic carbocycles. The SMILES string of the molecule is CCCCc1nc(C)c(C(=O)NCc2cccc(CN3CCOCC3)c2)s1. The molecule has 5 nitrogen and oxygen atoms in total. The third kappa shape index (κ3) is 5.86. The number of nitrogens with zero attached hydrogens (tertiary/aromatic N) is 2. The molecule has 0 spiro atoms. The van der Waals surface area contributed by atoms with Crippen molar-refractivity contribution in [2.45, 2.75) is 46.2 Å². The Hall–Kier alpha value is -1.76. The van der Waals surface area contributed by atoms with Gasteiger partial charge in [0.2, 0.25) is 0 Å². The van der Waals surface area contributed by atoms with E-state index in [1.54, 1.807) is 0 Å². The van der Waals surface area contributed by atoms with Gasteiger partial charge in [-0.15, -0.1) is 11.3 Å². The molecule has 1 amide bonds. The fourth-order valence-electron chi connectivity index (χ4n) is 3.22. The zero-order chi connectivity index (χ0) is 19.1. The lowest BCUT2D eigenvalue weighted by atomic mass is 10.1. The van der Waals surface area contributed by atoms with Crippen molar-refractivity contribution in [3.63, 3.8) is 0 Å². The monoisotopic (exact) mass is 387 g/mol. The Labute approximate surface area is 165 Å². The Bertz CT molecular complexity index is 754. The summed E-state index contributed by atoms with van der Waals surface area (Å²) in [6.45, 7) is 9.13. The van der Waals surface area contributed by atoms with Gasteiger partial charge < -0.3 is 10.1 Å². The first kappa shape index (κ1) is 20.0. The molecule has 3 rings (SSSR count). The van der Waals surface area contributed by atoms with Gasteiger partial charge in [0.15, 0.2) is 0 Å². The second kappa shape index (κ2) is 9.97. The Morgan fingerprint density at radius 3 is 2.85 bits per heavy atom. The average molecular weight is 388 g/mol. The van der Waals surface area contributed by atoms with Crippen molar-refractivity contribution < 1.29 is 9.53 Å². The van der Waals surface area contributed by atoms with Gasteiger partial charge >= 0.3 is 0 Å². The summed E-state index contributed by atoms with van der Waals surface area (Å²) in [5.41, 5.74) is 3.24. The number of thiazole rings is 1. The van der Waals surface area contributed by atoms with Crippen molar-refractivity contribution in [1.29, 1.82) is 0 Å². The number of aryl methyl sites for hydroxylation is 2. The van der Waals surface area contributed by atoms with E-state index in [4.69, 9.17) is 4.74 Å². The van der Waals surface area contributed by atoms with Crippen LogP contribution in [0, 0.1) is 6.92 Å². The molecule has 0 radical (unpaired) electrons. The van der Waals surface area contributed by atoms with Gasteiger partial charge in [-0.1, -0.05) is 37.6 Å². The number of carbonyl (C=O) groups excluding carboxylic acids is 1. The molecule has 1 N–H and O–H groups in total. The topological polar surface area (TPSA) is 54.5 Å². The van der Waals surface area contributed by atoms with Crippen LogP contribution in [0.4, 0.5) is 0 Å². The lowest BCUT2D eigenvalue weighted by molar-refractivity contribution is 0.0342. The van der Waals surface area contributed by atoms with Crippen LogP contribution in [0.5, 0.6) is 0 Å². The molecule has 1 aromatic carbocycles. The van der Waals surface area contributed by atoms with Crippen molar-refractivity contribution in [1.82, 2.24) is 15.2 Å². The summed E-state index contributed by atoms with van der Waals surface area (Å²) in [6.07, 6.45) is 3.21. The van der Waals surface area contributed by atoms with Gasteiger partial charge in [0.05, 0.1) is 23.9 Å². The molecule has 1 saturated heterocycles. The van der Waals surface area contributed by atoms with E-state index in [0.717, 1.165) is 73.3 Å². The number of unbranched alkanes of at least 4 members (excludes halogenated alkanes) is 1. The number of nitrogens with one attached hydrogen (secondary N) is 1. The highest BCUT2D eigenvalue weighted by Gasteiger charge is 2.15. The van der Waals surface area contributed by atoms with Crippen LogP contribution in [-0.4, -0.2) is 42.1 Å². The van der Waals surface area contributed by atoms with Crippen LogP contribution in [0.15, 0.2) is 24.3 Å². The van der Waals surface area contributed by atoms with Gasteiger partial charge in [0.25, 0.3) is 5.91 Å². The van der Waals surface area contributed by atoms with Gasteiger partial charge in [-0.05, 0) is 30.9 Å². The summed E-state index contributed by atoms with van der Waals surface area (Å²) in [6, 6.07) is 8.46. The lowest BCUT2D eigenvalue weighted by Crippen LogP contribution is -2.35.